The van der Waals surface area contributed by atoms with Crippen LogP contribution in [0.25, 0.3) is 17.4 Å². The van der Waals surface area contributed by atoms with Crippen LogP contribution in [0.15, 0.2) is 69.1 Å². The van der Waals surface area contributed by atoms with E-state index in [1.165, 1.54) is 6.08 Å². The van der Waals surface area contributed by atoms with Crippen LogP contribution < -0.4 is 5.32 Å². The molecule has 1 aromatic heterocycles. The van der Waals surface area contributed by atoms with Crippen LogP contribution in [0.4, 0.5) is 5.69 Å². The van der Waals surface area contributed by atoms with E-state index in [1.807, 2.05) is 37.3 Å². The number of carbonyl (C=O) groups excluding carboxylic acids is 1. The van der Waals surface area contributed by atoms with Crippen LogP contribution in [-0.2, 0) is 4.79 Å². The van der Waals surface area contributed by atoms with Crippen LogP contribution in [-0.4, -0.2) is 5.91 Å². The molecule has 0 saturated carbocycles. The van der Waals surface area contributed by atoms with Gasteiger partial charge in [-0.05, 0) is 55.0 Å². The molecule has 0 radical (unpaired) electrons. The molecule has 3 rings (SSSR count). The summed E-state index contributed by atoms with van der Waals surface area (Å²) in [7, 11) is 0. The minimum atomic E-state index is -0.507. The highest BCUT2D eigenvalue weighted by Crippen LogP contribution is 2.29. The molecule has 3 aromatic rings. The lowest BCUT2D eigenvalue weighted by molar-refractivity contribution is -0.112. The Morgan fingerprint density at radius 3 is 2.78 bits per heavy atom. The van der Waals surface area contributed by atoms with Gasteiger partial charge in [-0.15, -0.1) is 0 Å². The van der Waals surface area contributed by atoms with Crippen LogP contribution in [0.2, 0.25) is 5.02 Å². The topological polar surface area (TPSA) is 66.0 Å². The van der Waals surface area contributed by atoms with E-state index in [4.69, 9.17) is 16.0 Å². The van der Waals surface area contributed by atoms with E-state index < -0.39 is 5.91 Å². The number of furan rings is 1. The van der Waals surface area contributed by atoms with Gasteiger partial charge in [0.25, 0.3) is 5.91 Å². The molecule has 0 bridgehead atoms. The summed E-state index contributed by atoms with van der Waals surface area (Å²) >= 11 is 9.40. The zero-order valence-corrected chi connectivity index (χ0v) is 16.6. The summed E-state index contributed by atoms with van der Waals surface area (Å²) in [6.45, 7) is 1.95. The first-order chi connectivity index (χ1) is 13.0. The SMILES string of the molecule is Cc1ccc(Cl)cc1-c1ccc(/C=C(/C#N)C(=O)Nc2cccc(Br)c2)o1. The largest absolute Gasteiger partial charge is 0.457 e. The lowest BCUT2D eigenvalue weighted by Gasteiger charge is -2.04. The number of aryl methyl sites for hydroxylation is 1. The minimum absolute atomic E-state index is 0.0568. The summed E-state index contributed by atoms with van der Waals surface area (Å²) in [6.07, 6.45) is 1.41. The molecule has 4 nitrogen and oxygen atoms in total. The molecule has 0 unspecified atom stereocenters. The minimum Gasteiger partial charge on any atom is -0.457 e. The highest BCUT2D eigenvalue weighted by atomic mass is 79.9. The summed E-state index contributed by atoms with van der Waals surface area (Å²) < 4.78 is 6.61. The van der Waals surface area contributed by atoms with Crippen molar-refractivity contribution in [2.24, 2.45) is 0 Å². The molecule has 6 heteroatoms. The van der Waals surface area contributed by atoms with Crippen molar-refractivity contribution in [3.05, 3.63) is 81.0 Å². The molecule has 0 aliphatic heterocycles. The number of hydrogen-bond donors (Lipinski definition) is 1. The van der Waals surface area contributed by atoms with Crippen molar-refractivity contribution in [3.8, 4) is 17.4 Å². The van der Waals surface area contributed by atoms with Gasteiger partial charge in [0.05, 0.1) is 0 Å². The Morgan fingerprint density at radius 1 is 1.22 bits per heavy atom. The van der Waals surface area contributed by atoms with Crippen molar-refractivity contribution in [1.82, 2.24) is 0 Å². The van der Waals surface area contributed by atoms with Crippen molar-refractivity contribution in [2.75, 3.05) is 5.32 Å². The van der Waals surface area contributed by atoms with Gasteiger partial charge in [-0.25, -0.2) is 0 Å². The summed E-state index contributed by atoms with van der Waals surface area (Å²) in [5.74, 6) is 0.517. The number of nitriles is 1. The van der Waals surface area contributed by atoms with Gasteiger partial charge in [0.2, 0.25) is 0 Å². The second kappa shape index (κ2) is 8.26. The van der Waals surface area contributed by atoms with E-state index in [2.05, 4.69) is 21.2 Å². The number of benzene rings is 2. The third-order valence-electron chi connectivity index (χ3n) is 3.83. The Hall–Kier alpha value is -2.81. The quantitative estimate of drug-likeness (QED) is 0.386. The number of carbonyl (C=O) groups is 1. The first-order valence-electron chi connectivity index (χ1n) is 8.01. The Kier molecular flexibility index (Phi) is 5.80. The highest BCUT2D eigenvalue weighted by Gasteiger charge is 2.12. The van der Waals surface area contributed by atoms with Crippen molar-refractivity contribution in [3.63, 3.8) is 0 Å². The van der Waals surface area contributed by atoms with Crippen molar-refractivity contribution in [1.29, 1.82) is 5.26 Å². The fraction of sp³-hybridized carbons (Fsp3) is 0.0476. The number of nitrogens with one attached hydrogen (secondary N) is 1. The summed E-state index contributed by atoms with van der Waals surface area (Å²) in [4.78, 5) is 12.4. The molecule has 1 amide bonds. The molecule has 1 N–H and O–H groups in total. The monoisotopic (exact) mass is 440 g/mol. The standard InChI is InChI=1S/C21H14BrClN2O2/c1-13-5-6-16(23)11-19(13)20-8-7-18(27-20)9-14(12-24)21(26)25-17-4-2-3-15(22)10-17/h2-11H,1H3,(H,25,26)/b14-9-. The van der Waals surface area contributed by atoms with Crippen molar-refractivity contribution >= 4 is 45.2 Å². The molecule has 0 atom stereocenters. The van der Waals surface area contributed by atoms with Gasteiger partial charge in [0.1, 0.15) is 23.2 Å². The Bertz CT molecular complexity index is 1080. The number of anilines is 1. The van der Waals surface area contributed by atoms with E-state index >= 15 is 0 Å². The predicted molar refractivity (Wildman–Crippen MR) is 110 cm³/mol. The Morgan fingerprint density at radius 2 is 2.04 bits per heavy atom. The maximum absolute atomic E-state index is 12.4. The zero-order valence-electron chi connectivity index (χ0n) is 14.3. The van der Waals surface area contributed by atoms with Crippen LogP contribution >= 0.6 is 27.5 Å². The third-order valence-corrected chi connectivity index (χ3v) is 4.55. The smallest absolute Gasteiger partial charge is 0.266 e. The molecule has 134 valence electrons. The molecule has 0 spiro atoms. The molecular weight excluding hydrogens is 428 g/mol. The number of halogens is 2. The van der Waals surface area contributed by atoms with Gasteiger partial charge in [0, 0.05) is 26.8 Å². The van der Waals surface area contributed by atoms with E-state index in [1.54, 1.807) is 30.3 Å². The molecule has 2 aromatic carbocycles. The van der Waals surface area contributed by atoms with Crippen LogP contribution in [0.3, 0.4) is 0 Å². The Labute approximate surface area is 170 Å². The van der Waals surface area contributed by atoms with Gasteiger partial charge < -0.3 is 9.73 Å². The van der Waals surface area contributed by atoms with Gasteiger partial charge in [0.15, 0.2) is 0 Å². The van der Waals surface area contributed by atoms with Crippen molar-refractivity contribution in [2.45, 2.75) is 6.92 Å². The average Bonchev–Trinajstić information content (AvgIpc) is 3.10. The van der Waals surface area contributed by atoms with Gasteiger partial charge in [-0.1, -0.05) is 39.7 Å². The van der Waals surface area contributed by atoms with Crippen LogP contribution in [0.5, 0.6) is 0 Å². The van der Waals surface area contributed by atoms with Gasteiger partial charge >= 0.3 is 0 Å². The summed E-state index contributed by atoms with van der Waals surface area (Å²) in [5.41, 5.74) is 2.40. The molecule has 0 fully saturated rings. The van der Waals surface area contributed by atoms with Gasteiger partial charge in [-0.3, -0.25) is 4.79 Å². The lowest BCUT2D eigenvalue weighted by atomic mass is 10.1. The van der Waals surface area contributed by atoms with Crippen molar-refractivity contribution < 1.29 is 9.21 Å². The molecule has 0 saturated heterocycles. The fourth-order valence-corrected chi connectivity index (χ4v) is 3.06. The number of nitrogens with zero attached hydrogens (tertiary/aromatic N) is 1. The molecular formula is C21H14BrClN2O2. The van der Waals surface area contributed by atoms with Crippen LogP contribution in [0.1, 0.15) is 11.3 Å². The first kappa shape index (κ1) is 19.0. The van der Waals surface area contributed by atoms with E-state index in [0.29, 0.717) is 22.2 Å². The lowest BCUT2D eigenvalue weighted by Crippen LogP contribution is -2.13. The predicted octanol–water partition coefficient (Wildman–Crippen LogP) is 6.22. The second-order valence-electron chi connectivity index (χ2n) is 5.80. The normalized spacial score (nSPS) is 11.1. The number of rotatable bonds is 4. The highest BCUT2D eigenvalue weighted by molar-refractivity contribution is 9.10. The first-order valence-corrected chi connectivity index (χ1v) is 9.18. The van der Waals surface area contributed by atoms with Crippen LogP contribution in [0, 0.1) is 18.3 Å². The van der Waals surface area contributed by atoms with E-state index in [-0.39, 0.29) is 5.57 Å². The molecule has 27 heavy (non-hydrogen) atoms. The summed E-state index contributed by atoms with van der Waals surface area (Å²) in [5, 5.41) is 12.6. The maximum atomic E-state index is 12.4. The van der Waals surface area contributed by atoms with E-state index in [9.17, 15) is 10.1 Å². The van der Waals surface area contributed by atoms with Gasteiger partial charge in [-0.2, -0.15) is 5.26 Å². The maximum Gasteiger partial charge on any atom is 0.266 e. The third kappa shape index (κ3) is 4.68. The van der Waals surface area contributed by atoms with E-state index in [0.717, 1.165) is 15.6 Å². The summed E-state index contributed by atoms with van der Waals surface area (Å²) in [6, 6.07) is 18.1. The molecule has 0 aliphatic carbocycles. The second-order valence-corrected chi connectivity index (χ2v) is 7.15. The zero-order chi connectivity index (χ0) is 19.4. The Balaban J connectivity index is 1.84. The number of amides is 1. The molecule has 0 aliphatic rings. The average molecular weight is 442 g/mol. The molecule has 1 heterocycles. The number of hydrogen-bond acceptors (Lipinski definition) is 3. The fourth-order valence-electron chi connectivity index (χ4n) is 2.49.